The van der Waals surface area contributed by atoms with E-state index >= 15 is 0 Å². The van der Waals surface area contributed by atoms with E-state index in [0.29, 0.717) is 11.6 Å². The fourth-order valence-electron chi connectivity index (χ4n) is 2.21. The van der Waals surface area contributed by atoms with Crippen LogP contribution in [0.15, 0.2) is 25.8 Å². The Bertz CT molecular complexity index is 642. The van der Waals surface area contributed by atoms with Gasteiger partial charge in [0.1, 0.15) is 11.9 Å². The monoisotopic (exact) mass is 422 g/mol. The van der Waals surface area contributed by atoms with Crippen molar-refractivity contribution >= 4 is 54.8 Å². The van der Waals surface area contributed by atoms with Crippen molar-refractivity contribution in [3.05, 3.63) is 47.5 Å². The van der Waals surface area contributed by atoms with Crippen molar-refractivity contribution in [3.63, 3.8) is 0 Å². The minimum atomic E-state index is -0.748. The van der Waals surface area contributed by atoms with Crippen LogP contribution in [0.3, 0.4) is 0 Å². The maximum absolute atomic E-state index is 10.6. The third-order valence-corrected chi connectivity index (χ3v) is 5.65. The SMILES string of the molecule is OC(c1cc(Br)sc1Br)c1cc(Cl)cc2c1OCC2. The molecule has 0 aliphatic carbocycles. The molecule has 0 saturated heterocycles. The molecule has 6 heteroatoms. The molecule has 2 aromatic rings. The smallest absolute Gasteiger partial charge is 0.128 e. The van der Waals surface area contributed by atoms with E-state index in [4.69, 9.17) is 16.3 Å². The highest BCUT2D eigenvalue weighted by Crippen LogP contribution is 2.43. The summed E-state index contributed by atoms with van der Waals surface area (Å²) >= 11 is 14.5. The van der Waals surface area contributed by atoms with Crippen LogP contribution in [0, 0.1) is 0 Å². The summed E-state index contributed by atoms with van der Waals surface area (Å²) in [6, 6.07) is 5.58. The van der Waals surface area contributed by atoms with Crippen LogP contribution < -0.4 is 4.74 Å². The number of thiophene rings is 1. The predicted molar refractivity (Wildman–Crippen MR) is 84.4 cm³/mol. The molecule has 1 atom stereocenters. The summed E-state index contributed by atoms with van der Waals surface area (Å²) in [5.41, 5.74) is 2.61. The van der Waals surface area contributed by atoms with Crippen molar-refractivity contribution in [2.24, 2.45) is 0 Å². The standard InChI is InChI=1S/C13H9Br2ClO2S/c14-10-5-9(13(15)19-10)11(17)8-4-7(16)3-6-1-2-18-12(6)8/h3-5,11,17H,1-2H2. The van der Waals surface area contributed by atoms with E-state index in [2.05, 4.69) is 31.9 Å². The number of aliphatic hydroxyl groups excluding tert-OH is 1. The molecule has 1 N–H and O–H groups in total. The van der Waals surface area contributed by atoms with Crippen LogP contribution in [0.5, 0.6) is 5.75 Å². The van der Waals surface area contributed by atoms with Gasteiger partial charge in [-0.05, 0) is 55.6 Å². The van der Waals surface area contributed by atoms with Gasteiger partial charge in [-0.3, -0.25) is 0 Å². The quantitative estimate of drug-likeness (QED) is 0.740. The summed E-state index contributed by atoms with van der Waals surface area (Å²) in [5, 5.41) is 11.2. The highest BCUT2D eigenvalue weighted by Gasteiger charge is 2.25. The number of ether oxygens (including phenoxy) is 1. The number of hydrogen-bond acceptors (Lipinski definition) is 3. The molecule has 3 rings (SSSR count). The van der Waals surface area contributed by atoms with E-state index in [9.17, 15) is 5.11 Å². The van der Waals surface area contributed by atoms with E-state index in [1.807, 2.05) is 12.1 Å². The van der Waals surface area contributed by atoms with Gasteiger partial charge in [0.25, 0.3) is 0 Å². The molecule has 2 heterocycles. The molecular weight excluding hydrogens is 415 g/mol. The highest BCUT2D eigenvalue weighted by molar-refractivity contribution is 9.12. The van der Waals surface area contributed by atoms with Crippen molar-refractivity contribution in [2.45, 2.75) is 12.5 Å². The molecule has 19 heavy (non-hydrogen) atoms. The van der Waals surface area contributed by atoms with Gasteiger partial charge in [0, 0.05) is 22.6 Å². The lowest BCUT2D eigenvalue weighted by atomic mass is 10.00. The summed E-state index contributed by atoms with van der Waals surface area (Å²) in [6.07, 6.45) is 0.0897. The van der Waals surface area contributed by atoms with Gasteiger partial charge in [0.05, 0.1) is 14.2 Å². The molecule has 100 valence electrons. The summed E-state index contributed by atoms with van der Waals surface area (Å²) in [7, 11) is 0. The zero-order valence-corrected chi connectivity index (χ0v) is 14.4. The molecule has 2 nitrogen and oxygen atoms in total. The van der Waals surface area contributed by atoms with Crippen LogP contribution in [-0.2, 0) is 6.42 Å². The van der Waals surface area contributed by atoms with Crippen LogP contribution >= 0.6 is 54.8 Å². The number of halogens is 3. The summed E-state index contributed by atoms with van der Waals surface area (Å²) < 4.78 is 7.50. The fourth-order valence-corrected chi connectivity index (χ4v) is 5.34. The van der Waals surface area contributed by atoms with Crippen LogP contribution in [-0.4, -0.2) is 11.7 Å². The van der Waals surface area contributed by atoms with Crippen molar-refractivity contribution in [3.8, 4) is 5.75 Å². The second-order valence-corrected chi connectivity index (χ2v) is 8.45. The van der Waals surface area contributed by atoms with Gasteiger partial charge in [-0.25, -0.2) is 0 Å². The second kappa shape index (κ2) is 5.37. The first-order valence-electron chi connectivity index (χ1n) is 5.64. The molecule has 0 bridgehead atoms. The molecule has 1 unspecified atom stereocenters. The first-order chi connectivity index (χ1) is 9.06. The summed E-state index contributed by atoms with van der Waals surface area (Å²) in [6.45, 7) is 0.643. The van der Waals surface area contributed by atoms with Gasteiger partial charge in [0.15, 0.2) is 0 Å². The Morgan fingerprint density at radius 3 is 2.74 bits per heavy atom. The van der Waals surface area contributed by atoms with Gasteiger partial charge in [0.2, 0.25) is 0 Å². The Labute approximate surface area is 136 Å². The maximum atomic E-state index is 10.6. The van der Waals surface area contributed by atoms with Gasteiger partial charge in [-0.2, -0.15) is 0 Å². The van der Waals surface area contributed by atoms with E-state index < -0.39 is 6.10 Å². The van der Waals surface area contributed by atoms with Crippen LogP contribution in [0.1, 0.15) is 22.8 Å². The molecule has 0 amide bonds. The number of fused-ring (bicyclic) bond motifs is 1. The third-order valence-electron chi connectivity index (χ3n) is 3.05. The zero-order chi connectivity index (χ0) is 13.6. The van der Waals surface area contributed by atoms with Gasteiger partial charge >= 0.3 is 0 Å². The summed E-state index contributed by atoms with van der Waals surface area (Å²) in [5.74, 6) is 0.770. The second-order valence-electron chi connectivity index (χ2n) is 4.26. The zero-order valence-electron chi connectivity index (χ0n) is 9.62. The molecule has 1 aliphatic heterocycles. The Morgan fingerprint density at radius 2 is 2.05 bits per heavy atom. The largest absolute Gasteiger partial charge is 0.493 e. The molecule has 0 fully saturated rings. The fraction of sp³-hybridized carbons (Fsp3) is 0.231. The maximum Gasteiger partial charge on any atom is 0.128 e. The molecule has 0 spiro atoms. The van der Waals surface area contributed by atoms with Crippen molar-refractivity contribution < 1.29 is 9.84 Å². The first-order valence-corrected chi connectivity index (χ1v) is 8.42. The van der Waals surface area contributed by atoms with E-state index in [-0.39, 0.29) is 0 Å². The number of benzene rings is 1. The lowest BCUT2D eigenvalue weighted by Gasteiger charge is -2.15. The molecule has 1 aromatic heterocycles. The minimum Gasteiger partial charge on any atom is -0.493 e. The average Bonchev–Trinajstić information content (AvgIpc) is 2.93. The normalized spacial score (nSPS) is 15.2. The minimum absolute atomic E-state index is 0.628. The third kappa shape index (κ3) is 2.59. The van der Waals surface area contributed by atoms with Crippen LogP contribution in [0.25, 0.3) is 0 Å². The van der Waals surface area contributed by atoms with Crippen LogP contribution in [0.4, 0.5) is 0 Å². The number of aliphatic hydroxyl groups is 1. The van der Waals surface area contributed by atoms with Crippen molar-refractivity contribution in [1.82, 2.24) is 0 Å². The molecule has 0 saturated carbocycles. The van der Waals surface area contributed by atoms with Gasteiger partial charge in [-0.15, -0.1) is 11.3 Å². The molecule has 1 aliphatic rings. The predicted octanol–water partition coefficient (Wildman–Crippen LogP) is 4.94. The molecule has 1 aromatic carbocycles. The van der Waals surface area contributed by atoms with E-state index in [1.165, 1.54) is 11.3 Å². The topological polar surface area (TPSA) is 29.5 Å². The van der Waals surface area contributed by atoms with E-state index in [0.717, 1.165) is 36.4 Å². The molecular formula is C13H9Br2ClO2S. The highest BCUT2D eigenvalue weighted by atomic mass is 79.9. The number of hydrogen-bond donors (Lipinski definition) is 1. The Kier molecular flexibility index (Phi) is 3.93. The Hall–Kier alpha value is -0.0700. The summed E-state index contributed by atoms with van der Waals surface area (Å²) in [4.78, 5) is 0. The lowest BCUT2D eigenvalue weighted by molar-refractivity contribution is 0.213. The van der Waals surface area contributed by atoms with Crippen molar-refractivity contribution in [1.29, 1.82) is 0 Å². The Balaban J connectivity index is 2.09. The van der Waals surface area contributed by atoms with Crippen LogP contribution in [0.2, 0.25) is 5.02 Å². The molecule has 0 radical (unpaired) electrons. The Morgan fingerprint density at radius 1 is 1.26 bits per heavy atom. The number of rotatable bonds is 2. The first kappa shape index (κ1) is 13.9. The van der Waals surface area contributed by atoms with Gasteiger partial charge < -0.3 is 9.84 Å². The van der Waals surface area contributed by atoms with E-state index in [1.54, 1.807) is 6.07 Å². The van der Waals surface area contributed by atoms with Crippen molar-refractivity contribution in [2.75, 3.05) is 6.61 Å². The lowest BCUT2D eigenvalue weighted by Crippen LogP contribution is -2.02. The van der Waals surface area contributed by atoms with Gasteiger partial charge in [-0.1, -0.05) is 11.6 Å². The average molecular weight is 425 g/mol.